The van der Waals surface area contributed by atoms with Crippen LogP contribution in [0.1, 0.15) is 18.3 Å². The SMILES string of the molecule is CCNc1cnc(Cn2ccc(C)nc2=O)cn1. The summed E-state index contributed by atoms with van der Waals surface area (Å²) in [4.78, 5) is 23.9. The fourth-order valence-electron chi connectivity index (χ4n) is 1.52. The molecule has 2 heterocycles. The molecule has 2 aromatic heterocycles. The lowest BCUT2D eigenvalue weighted by atomic mass is 10.4. The summed E-state index contributed by atoms with van der Waals surface area (Å²) < 4.78 is 1.50. The molecule has 0 aliphatic heterocycles. The summed E-state index contributed by atoms with van der Waals surface area (Å²) in [5.74, 6) is 0.732. The maximum Gasteiger partial charge on any atom is 0.348 e. The molecule has 0 fully saturated rings. The van der Waals surface area contributed by atoms with Crippen molar-refractivity contribution < 1.29 is 0 Å². The first kappa shape index (κ1) is 12.2. The van der Waals surface area contributed by atoms with Crippen LogP contribution in [0, 0.1) is 6.92 Å². The Kier molecular flexibility index (Phi) is 3.66. The molecule has 0 spiro atoms. The lowest BCUT2D eigenvalue weighted by molar-refractivity contribution is 0.702. The summed E-state index contributed by atoms with van der Waals surface area (Å²) in [5, 5.41) is 3.06. The normalized spacial score (nSPS) is 10.3. The Morgan fingerprint density at radius 1 is 1.33 bits per heavy atom. The number of nitrogens with zero attached hydrogens (tertiary/aromatic N) is 4. The quantitative estimate of drug-likeness (QED) is 0.863. The molecular weight excluding hydrogens is 230 g/mol. The van der Waals surface area contributed by atoms with E-state index < -0.39 is 0 Å². The maximum absolute atomic E-state index is 11.6. The fraction of sp³-hybridized carbons (Fsp3) is 0.333. The molecule has 0 aromatic carbocycles. The Morgan fingerprint density at radius 3 is 2.78 bits per heavy atom. The van der Waals surface area contributed by atoms with Crippen LogP contribution in [0.3, 0.4) is 0 Å². The monoisotopic (exact) mass is 245 g/mol. The van der Waals surface area contributed by atoms with Gasteiger partial charge in [-0.15, -0.1) is 0 Å². The maximum atomic E-state index is 11.6. The van der Waals surface area contributed by atoms with Crippen molar-refractivity contribution in [3.8, 4) is 0 Å². The van der Waals surface area contributed by atoms with E-state index in [1.54, 1.807) is 31.6 Å². The second-order valence-electron chi connectivity index (χ2n) is 3.90. The highest BCUT2D eigenvalue weighted by molar-refractivity contribution is 5.30. The highest BCUT2D eigenvalue weighted by atomic mass is 16.1. The average molecular weight is 245 g/mol. The molecule has 2 rings (SSSR count). The van der Waals surface area contributed by atoms with Gasteiger partial charge in [-0.1, -0.05) is 0 Å². The Balaban J connectivity index is 2.16. The topological polar surface area (TPSA) is 72.7 Å². The van der Waals surface area contributed by atoms with Crippen LogP contribution < -0.4 is 11.0 Å². The smallest absolute Gasteiger partial charge is 0.348 e. The van der Waals surface area contributed by atoms with Crippen LogP contribution in [0.5, 0.6) is 0 Å². The molecule has 18 heavy (non-hydrogen) atoms. The number of hydrogen-bond donors (Lipinski definition) is 1. The highest BCUT2D eigenvalue weighted by Crippen LogP contribution is 2.01. The zero-order valence-electron chi connectivity index (χ0n) is 10.4. The van der Waals surface area contributed by atoms with Crippen LogP contribution in [0.4, 0.5) is 5.82 Å². The van der Waals surface area contributed by atoms with Gasteiger partial charge in [0.2, 0.25) is 0 Å². The largest absolute Gasteiger partial charge is 0.369 e. The second kappa shape index (κ2) is 5.39. The summed E-state index contributed by atoms with van der Waals surface area (Å²) >= 11 is 0. The zero-order valence-corrected chi connectivity index (χ0v) is 10.4. The van der Waals surface area contributed by atoms with Gasteiger partial charge in [-0.05, 0) is 19.9 Å². The standard InChI is InChI=1S/C12H15N5O/c1-3-13-11-7-14-10(6-15-11)8-17-5-4-9(2)16-12(17)18/h4-7H,3,8H2,1-2H3,(H,13,15). The van der Waals surface area contributed by atoms with E-state index in [9.17, 15) is 4.79 Å². The number of anilines is 1. The van der Waals surface area contributed by atoms with Crippen molar-refractivity contribution >= 4 is 5.82 Å². The molecule has 0 amide bonds. The number of aryl methyl sites for hydroxylation is 1. The first-order valence-corrected chi connectivity index (χ1v) is 5.78. The van der Waals surface area contributed by atoms with Crippen molar-refractivity contribution in [3.63, 3.8) is 0 Å². The van der Waals surface area contributed by atoms with Crippen LogP contribution >= 0.6 is 0 Å². The van der Waals surface area contributed by atoms with E-state index >= 15 is 0 Å². The van der Waals surface area contributed by atoms with Crippen molar-refractivity contribution in [1.82, 2.24) is 19.5 Å². The van der Waals surface area contributed by atoms with E-state index in [0.717, 1.165) is 18.1 Å². The molecule has 6 heteroatoms. The Bertz CT molecular complexity index is 576. The third-order valence-corrected chi connectivity index (χ3v) is 2.41. The molecular formula is C12H15N5O. The van der Waals surface area contributed by atoms with Gasteiger partial charge in [0.25, 0.3) is 0 Å². The van der Waals surface area contributed by atoms with Gasteiger partial charge in [-0.2, -0.15) is 4.98 Å². The van der Waals surface area contributed by atoms with Crippen molar-refractivity contribution in [2.75, 3.05) is 11.9 Å². The molecule has 6 nitrogen and oxygen atoms in total. The van der Waals surface area contributed by atoms with Gasteiger partial charge < -0.3 is 5.32 Å². The Hall–Kier alpha value is -2.24. The van der Waals surface area contributed by atoms with E-state index in [1.807, 2.05) is 6.92 Å². The summed E-state index contributed by atoms with van der Waals surface area (Å²) in [6, 6.07) is 1.79. The number of nitrogens with one attached hydrogen (secondary N) is 1. The fourth-order valence-corrected chi connectivity index (χ4v) is 1.52. The minimum absolute atomic E-state index is 0.271. The van der Waals surface area contributed by atoms with Gasteiger partial charge in [0, 0.05) is 18.4 Å². The van der Waals surface area contributed by atoms with Crippen molar-refractivity contribution in [3.05, 3.63) is 46.5 Å². The Morgan fingerprint density at radius 2 is 2.17 bits per heavy atom. The number of aromatic nitrogens is 4. The molecule has 0 aliphatic rings. The average Bonchev–Trinajstić information content (AvgIpc) is 2.35. The lowest BCUT2D eigenvalue weighted by Crippen LogP contribution is -2.23. The lowest BCUT2D eigenvalue weighted by Gasteiger charge is -2.05. The zero-order chi connectivity index (χ0) is 13.0. The third-order valence-electron chi connectivity index (χ3n) is 2.41. The predicted octanol–water partition coefficient (Wildman–Crippen LogP) is 0.822. The third kappa shape index (κ3) is 2.91. The van der Waals surface area contributed by atoms with Crippen molar-refractivity contribution in [2.45, 2.75) is 20.4 Å². The molecule has 1 N–H and O–H groups in total. The highest BCUT2D eigenvalue weighted by Gasteiger charge is 2.01. The summed E-state index contributed by atoms with van der Waals surface area (Å²) in [7, 11) is 0. The summed E-state index contributed by atoms with van der Waals surface area (Å²) in [6.07, 6.45) is 5.03. The first-order valence-electron chi connectivity index (χ1n) is 5.78. The van der Waals surface area contributed by atoms with Gasteiger partial charge in [0.05, 0.1) is 24.6 Å². The minimum atomic E-state index is -0.271. The molecule has 0 radical (unpaired) electrons. The molecule has 0 atom stereocenters. The van der Waals surface area contributed by atoms with Gasteiger partial charge in [0.1, 0.15) is 5.82 Å². The summed E-state index contributed by atoms with van der Waals surface area (Å²) in [6.45, 7) is 4.96. The Labute approximate surface area is 105 Å². The van der Waals surface area contributed by atoms with E-state index in [0.29, 0.717) is 12.2 Å². The first-order chi connectivity index (χ1) is 8.69. The van der Waals surface area contributed by atoms with E-state index in [2.05, 4.69) is 20.3 Å². The molecule has 0 unspecified atom stereocenters. The van der Waals surface area contributed by atoms with E-state index in [1.165, 1.54) is 4.57 Å². The molecule has 0 aliphatic carbocycles. The van der Waals surface area contributed by atoms with E-state index in [4.69, 9.17) is 0 Å². The summed E-state index contributed by atoms with van der Waals surface area (Å²) in [5.41, 5.74) is 1.17. The van der Waals surface area contributed by atoms with Crippen molar-refractivity contribution in [2.24, 2.45) is 0 Å². The van der Waals surface area contributed by atoms with E-state index in [-0.39, 0.29) is 5.69 Å². The molecule has 0 saturated carbocycles. The van der Waals surface area contributed by atoms with Crippen molar-refractivity contribution in [1.29, 1.82) is 0 Å². The van der Waals surface area contributed by atoms with Crippen LogP contribution in [-0.4, -0.2) is 26.1 Å². The van der Waals surface area contributed by atoms with Gasteiger partial charge >= 0.3 is 5.69 Å². The molecule has 0 saturated heterocycles. The minimum Gasteiger partial charge on any atom is -0.369 e. The van der Waals surface area contributed by atoms with Gasteiger partial charge in [0.15, 0.2) is 0 Å². The predicted molar refractivity (Wildman–Crippen MR) is 68.5 cm³/mol. The molecule has 94 valence electrons. The van der Waals surface area contributed by atoms with Crippen LogP contribution in [0.25, 0.3) is 0 Å². The second-order valence-corrected chi connectivity index (χ2v) is 3.90. The number of rotatable bonds is 4. The van der Waals surface area contributed by atoms with Gasteiger partial charge in [-0.3, -0.25) is 9.55 Å². The van der Waals surface area contributed by atoms with Crippen LogP contribution in [0.15, 0.2) is 29.5 Å². The molecule has 0 bridgehead atoms. The number of hydrogen-bond acceptors (Lipinski definition) is 5. The molecule has 2 aromatic rings. The van der Waals surface area contributed by atoms with Gasteiger partial charge in [-0.25, -0.2) is 9.78 Å². The van der Waals surface area contributed by atoms with Crippen LogP contribution in [-0.2, 0) is 6.54 Å². The van der Waals surface area contributed by atoms with Crippen LogP contribution in [0.2, 0.25) is 0 Å².